The predicted molar refractivity (Wildman–Crippen MR) is 102 cm³/mol. The van der Waals surface area contributed by atoms with Crippen LogP contribution in [0, 0.1) is 5.92 Å². The summed E-state index contributed by atoms with van der Waals surface area (Å²) >= 11 is 5.85. The van der Waals surface area contributed by atoms with Gasteiger partial charge in [-0.05, 0) is 55.3 Å². The highest BCUT2D eigenvalue weighted by molar-refractivity contribution is 6.30. The van der Waals surface area contributed by atoms with Crippen molar-refractivity contribution in [3.8, 4) is 5.75 Å². The van der Waals surface area contributed by atoms with Gasteiger partial charge in [0.25, 0.3) is 5.91 Å². The quantitative estimate of drug-likeness (QED) is 0.640. The van der Waals surface area contributed by atoms with Crippen LogP contribution in [0.2, 0.25) is 5.02 Å². The Morgan fingerprint density at radius 2 is 1.69 bits per heavy atom. The zero-order chi connectivity index (χ0) is 21.2. The molecule has 1 aliphatic rings. The van der Waals surface area contributed by atoms with Gasteiger partial charge in [0.05, 0.1) is 18.2 Å². The number of alkyl halides is 3. The van der Waals surface area contributed by atoms with Crippen LogP contribution in [-0.4, -0.2) is 36.8 Å². The summed E-state index contributed by atoms with van der Waals surface area (Å²) in [6.07, 6.45) is -3.55. The lowest BCUT2D eigenvalue weighted by Gasteiger charge is -2.31. The molecule has 0 unspecified atom stereocenters. The molecule has 1 heterocycles. The Morgan fingerprint density at radius 3 is 2.24 bits per heavy atom. The molecule has 0 N–H and O–H groups in total. The highest BCUT2D eigenvalue weighted by atomic mass is 35.5. The average molecular weight is 426 g/mol. The first kappa shape index (κ1) is 21.2. The lowest BCUT2D eigenvalue weighted by molar-refractivity contribution is -0.137. The fourth-order valence-corrected chi connectivity index (χ4v) is 3.54. The molecule has 2 aromatic rings. The van der Waals surface area contributed by atoms with Gasteiger partial charge in [-0.2, -0.15) is 13.2 Å². The van der Waals surface area contributed by atoms with Crippen LogP contribution >= 0.6 is 11.6 Å². The van der Waals surface area contributed by atoms with Gasteiger partial charge in [-0.1, -0.05) is 11.6 Å². The van der Waals surface area contributed by atoms with E-state index in [0.29, 0.717) is 36.5 Å². The normalized spacial score (nSPS) is 15.3. The summed E-state index contributed by atoms with van der Waals surface area (Å²) in [5.41, 5.74) is -0.232. The fraction of sp³-hybridized carbons (Fsp3) is 0.333. The second kappa shape index (κ2) is 8.45. The summed E-state index contributed by atoms with van der Waals surface area (Å²) in [5.74, 6) is -0.743. The molecule has 3 rings (SSSR count). The SMILES string of the molecule is COc1cc(C(F)(F)F)ccc1C(=O)N1CCC(C(=O)c2ccc(Cl)cc2)CC1. The zero-order valence-electron chi connectivity index (χ0n) is 15.6. The van der Waals surface area contributed by atoms with Crippen LogP contribution < -0.4 is 4.74 Å². The minimum Gasteiger partial charge on any atom is -0.496 e. The van der Waals surface area contributed by atoms with E-state index in [1.165, 1.54) is 12.0 Å². The maximum atomic E-state index is 12.9. The standard InChI is InChI=1S/C21H19ClF3NO3/c1-29-18-12-15(21(23,24)25)4-7-17(18)20(28)26-10-8-14(9-11-26)19(27)13-2-5-16(22)6-3-13/h2-7,12,14H,8-11H2,1H3. The molecule has 0 atom stereocenters. The summed E-state index contributed by atoms with van der Waals surface area (Å²) in [6.45, 7) is 0.681. The minimum absolute atomic E-state index is 0.000811. The van der Waals surface area contributed by atoms with Gasteiger partial charge in [-0.3, -0.25) is 9.59 Å². The van der Waals surface area contributed by atoms with Crippen molar-refractivity contribution in [3.05, 3.63) is 64.2 Å². The lowest BCUT2D eigenvalue weighted by Crippen LogP contribution is -2.40. The Balaban J connectivity index is 1.68. The minimum atomic E-state index is -4.52. The molecule has 0 saturated carbocycles. The van der Waals surface area contributed by atoms with Crippen molar-refractivity contribution in [2.75, 3.05) is 20.2 Å². The third-order valence-electron chi connectivity index (χ3n) is 5.04. The molecule has 29 heavy (non-hydrogen) atoms. The summed E-state index contributed by atoms with van der Waals surface area (Å²) in [5, 5.41) is 0.549. The molecule has 154 valence electrons. The second-order valence-electron chi connectivity index (χ2n) is 6.85. The van der Waals surface area contributed by atoms with Gasteiger partial charge < -0.3 is 9.64 Å². The van der Waals surface area contributed by atoms with Crippen LogP contribution in [0.25, 0.3) is 0 Å². The Morgan fingerprint density at radius 1 is 1.07 bits per heavy atom. The number of hydrogen-bond acceptors (Lipinski definition) is 3. The van der Waals surface area contributed by atoms with Gasteiger partial charge in [-0.15, -0.1) is 0 Å². The van der Waals surface area contributed by atoms with Crippen molar-refractivity contribution in [2.24, 2.45) is 5.92 Å². The Labute approximate surface area is 171 Å². The molecule has 0 radical (unpaired) electrons. The van der Waals surface area contributed by atoms with Crippen molar-refractivity contribution < 1.29 is 27.5 Å². The predicted octanol–water partition coefficient (Wildman–Crippen LogP) is 5.10. The lowest BCUT2D eigenvalue weighted by atomic mass is 9.88. The van der Waals surface area contributed by atoms with Crippen molar-refractivity contribution in [3.63, 3.8) is 0 Å². The fourth-order valence-electron chi connectivity index (χ4n) is 3.41. The number of rotatable bonds is 4. The molecule has 0 spiro atoms. The van der Waals surface area contributed by atoms with E-state index in [1.807, 2.05) is 0 Å². The number of Topliss-reactive ketones (excluding diaryl/α,β-unsaturated/α-hetero) is 1. The van der Waals surface area contributed by atoms with E-state index in [-0.39, 0.29) is 23.0 Å². The maximum absolute atomic E-state index is 12.9. The molecule has 1 aliphatic heterocycles. The van der Waals surface area contributed by atoms with E-state index >= 15 is 0 Å². The van der Waals surface area contributed by atoms with Gasteiger partial charge >= 0.3 is 6.18 Å². The molecule has 4 nitrogen and oxygen atoms in total. The molecule has 0 aliphatic carbocycles. The summed E-state index contributed by atoms with van der Waals surface area (Å²) in [7, 11) is 1.23. The van der Waals surface area contributed by atoms with Crippen LogP contribution in [0.5, 0.6) is 5.75 Å². The molecule has 0 aromatic heterocycles. The molecule has 0 bridgehead atoms. The average Bonchev–Trinajstić information content (AvgIpc) is 2.72. The van der Waals surface area contributed by atoms with Crippen LogP contribution in [0.15, 0.2) is 42.5 Å². The van der Waals surface area contributed by atoms with Crippen LogP contribution in [0.3, 0.4) is 0 Å². The van der Waals surface area contributed by atoms with Gasteiger partial charge in [-0.25, -0.2) is 0 Å². The van der Waals surface area contributed by atoms with Crippen molar-refractivity contribution in [1.82, 2.24) is 4.90 Å². The van der Waals surface area contributed by atoms with Crippen LogP contribution in [-0.2, 0) is 6.18 Å². The van der Waals surface area contributed by atoms with E-state index in [4.69, 9.17) is 16.3 Å². The first-order chi connectivity index (χ1) is 13.7. The number of benzene rings is 2. The molecular formula is C21H19ClF3NO3. The maximum Gasteiger partial charge on any atom is 0.416 e. The molecule has 1 fully saturated rings. The Bertz CT molecular complexity index is 904. The van der Waals surface area contributed by atoms with Gasteiger partial charge in [0.1, 0.15) is 5.75 Å². The summed E-state index contributed by atoms with van der Waals surface area (Å²) in [4.78, 5) is 26.9. The number of carbonyl (C=O) groups excluding carboxylic acids is 2. The van der Waals surface area contributed by atoms with Crippen molar-refractivity contribution in [2.45, 2.75) is 19.0 Å². The molecule has 1 amide bonds. The number of amides is 1. The Hall–Kier alpha value is -2.54. The highest BCUT2D eigenvalue weighted by Crippen LogP contribution is 2.34. The molecule has 8 heteroatoms. The highest BCUT2D eigenvalue weighted by Gasteiger charge is 2.33. The molecule has 2 aromatic carbocycles. The number of likely N-dealkylation sites (tertiary alicyclic amines) is 1. The van der Waals surface area contributed by atoms with Gasteiger partial charge in [0.15, 0.2) is 5.78 Å². The van der Waals surface area contributed by atoms with Crippen molar-refractivity contribution >= 4 is 23.3 Å². The van der Waals surface area contributed by atoms with E-state index in [0.717, 1.165) is 18.2 Å². The topological polar surface area (TPSA) is 46.6 Å². The van der Waals surface area contributed by atoms with Crippen LogP contribution in [0.1, 0.15) is 39.1 Å². The Kier molecular flexibility index (Phi) is 6.17. The summed E-state index contributed by atoms with van der Waals surface area (Å²) in [6, 6.07) is 9.49. The number of ether oxygens (including phenoxy) is 1. The second-order valence-corrected chi connectivity index (χ2v) is 7.29. The number of ketones is 1. The number of methoxy groups -OCH3 is 1. The number of carbonyl (C=O) groups is 2. The monoisotopic (exact) mass is 425 g/mol. The van der Waals surface area contributed by atoms with Crippen molar-refractivity contribution in [1.29, 1.82) is 0 Å². The van der Waals surface area contributed by atoms with Gasteiger partial charge in [0, 0.05) is 29.6 Å². The zero-order valence-corrected chi connectivity index (χ0v) is 16.4. The molecular weight excluding hydrogens is 407 g/mol. The van der Waals surface area contributed by atoms with Crippen LogP contribution in [0.4, 0.5) is 13.2 Å². The smallest absolute Gasteiger partial charge is 0.416 e. The third kappa shape index (κ3) is 4.72. The third-order valence-corrected chi connectivity index (χ3v) is 5.29. The van der Waals surface area contributed by atoms with E-state index in [9.17, 15) is 22.8 Å². The van der Waals surface area contributed by atoms with E-state index in [1.54, 1.807) is 24.3 Å². The number of halogens is 4. The number of nitrogens with zero attached hydrogens (tertiary/aromatic N) is 1. The first-order valence-corrected chi connectivity index (χ1v) is 9.43. The molecule has 1 saturated heterocycles. The number of hydrogen-bond donors (Lipinski definition) is 0. The van der Waals surface area contributed by atoms with E-state index < -0.39 is 17.6 Å². The first-order valence-electron chi connectivity index (χ1n) is 9.05. The van der Waals surface area contributed by atoms with E-state index in [2.05, 4.69) is 0 Å². The largest absolute Gasteiger partial charge is 0.496 e. The summed E-state index contributed by atoms with van der Waals surface area (Å²) < 4.78 is 43.7. The van der Waals surface area contributed by atoms with Gasteiger partial charge in [0.2, 0.25) is 0 Å². The number of piperidine rings is 1.